The van der Waals surface area contributed by atoms with Crippen LogP contribution in [-0.2, 0) is 6.54 Å². The van der Waals surface area contributed by atoms with Crippen molar-refractivity contribution in [1.82, 2.24) is 9.88 Å². The van der Waals surface area contributed by atoms with Gasteiger partial charge in [-0.2, -0.15) is 0 Å². The molecule has 3 aromatic rings. The van der Waals surface area contributed by atoms with Crippen molar-refractivity contribution in [3.63, 3.8) is 0 Å². The van der Waals surface area contributed by atoms with Gasteiger partial charge in [0.2, 0.25) is 5.82 Å². The van der Waals surface area contributed by atoms with Gasteiger partial charge in [0.05, 0.1) is 10.6 Å². The number of anilines is 1. The Kier molecular flexibility index (Phi) is 6.45. The first-order valence-corrected chi connectivity index (χ1v) is 11.9. The van der Waals surface area contributed by atoms with E-state index in [-0.39, 0.29) is 16.9 Å². The summed E-state index contributed by atoms with van der Waals surface area (Å²) in [5.74, 6) is -0.0711. The molecule has 178 valence electrons. The first-order valence-electron chi connectivity index (χ1n) is 11.9. The predicted molar refractivity (Wildman–Crippen MR) is 138 cm³/mol. The van der Waals surface area contributed by atoms with Crippen LogP contribution in [0.5, 0.6) is 0 Å². The molecule has 1 aromatic heterocycles. The van der Waals surface area contributed by atoms with E-state index in [4.69, 9.17) is 5.73 Å². The van der Waals surface area contributed by atoms with Crippen LogP contribution >= 0.6 is 0 Å². The first-order chi connectivity index (χ1) is 16.1. The number of rotatable bonds is 5. The lowest BCUT2D eigenvalue weighted by Crippen LogP contribution is -2.40. The summed E-state index contributed by atoms with van der Waals surface area (Å²) < 4.78 is 0. The van der Waals surface area contributed by atoms with Gasteiger partial charge >= 0.3 is 5.69 Å². The molecule has 1 aliphatic rings. The number of likely N-dealkylation sites (tertiary alicyclic amines) is 1. The quantitative estimate of drug-likeness (QED) is 0.346. The maximum Gasteiger partial charge on any atom is 0.311 e. The van der Waals surface area contributed by atoms with E-state index in [1.165, 1.54) is 24.5 Å². The Morgan fingerprint density at radius 3 is 2.32 bits per heavy atom. The second-order valence-corrected chi connectivity index (χ2v) is 10.7. The number of hydrogen-bond donors (Lipinski definition) is 1. The van der Waals surface area contributed by atoms with Crippen LogP contribution in [0.25, 0.3) is 22.4 Å². The molecule has 1 aliphatic heterocycles. The number of benzene rings is 2. The fourth-order valence-corrected chi connectivity index (χ4v) is 4.82. The van der Waals surface area contributed by atoms with E-state index in [9.17, 15) is 10.1 Å². The zero-order valence-electron chi connectivity index (χ0n) is 20.5. The average molecular weight is 459 g/mol. The number of hydrogen-bond acceptors (Lipinski definition) is 5. The van der Waals surface area contributed by atoms with Crippen LogP contribution in [0.3, 0.4) is 0 Å². The topological polar surface area (TPSA) is 85.3 Å². The summed E-state index contributed by atoms with van der Waals surface area (Å²) >= 11 is 0. The molecule has 0 aliphatic carbocycles. The molecule has 0 saturated carbocycles. The summed E-state index contributed by atoms with van der Waals surface area (Å²) in [5, 5.41) is 11.5. The van der Waals surface area contributed by atoms with Crippen molar-refractivity contribution in [2.24, 2.45) is 10.8 Å². The van der Waals surface area contributed by atoms with E-state index in [2.05, 4.69) is 49.7 Å². The molecule has 0 spiro atoms. The Balaban J connectivity index is 1.63. The van der Waals surface area contributed by atoms with Crippen LogP contribution in [0.1, 0.15) is 46.1 Å². The van der Waals surface area contributed by atoms with Crippen LogP contribution in [-0.4, -0.2) is 27.9 Å². The van der Waals surface area contributed by atoms with E-state index in [0.29, 0.717) is 16.7 Å². The third-order valence-electron chi connectivity index (χ3n) is 7.67. The molecule has 6 nitrogen and oxygen atoms in total. The highest BCUT2D eigenvalue weighted by Crippen LogP contribution is 2.45. The lowest BCUT2D eigenvalue weighted by atomic mass is 9.66. The third-order valence-corrected chi connectivity index (χ3v) is 7.67. The van der Waals surface area contributed by atoms with Gasteiger partial charge in [-0.3, -0.25) is 15.0 Å². The summed E-state index contributed by atoms with van der Waals surface area (Å²) in [5.41, 5.74) is 10.7. The molecule has 0 radical (unpaired) electrons. The SMILES string of the molecule is CC1(C)CCCN(Cc2ccc(-c3nc(N)c([N+](=O)[O-])cc3-c3ccccc3)cc2)CC1(C)C. The third kappa shape index (κ3) is 4.82. The van der Waals surface area contributed by atoms with E-state index in [1.54, 1.807) is 0 Å². The van der Waals surface area contributed by atoms with Gasteiger partial charge < -0.3 is 5.73 Å². The minimum atomic E-state index is -0.481. The molecule has 0 bridgehead atoms. The number of nitro groups is 1. The number of nitrogen functional groups attached to an aromatic ring is 1. The number of nitrogens with zero attached hydrogens (tertiary/aromatic N) is 3. The molecule has 2 aromatic carbocycles. The van der Waals surface area contributed by atoms with Crippen molar-refractivity contribution in [2.45, 2.75) is 47.1 Å². The summed E-state index contributed by atoms with van der Waals surface area (Å²) in [6, 6.07) is 19.5. The molecule has 0 atom stereocenters. The Hall–Kier alpha value is -3.25. The summed E-state index contributed by atoms with van der Waals surface area (Å²) in [7, 11) is 0. The standard InChI is InChI=1S/C28H34N4O2/c1-27(2)15-8-16-31(19-28(27,3)4)18-20-11-13-22(14-12-20)25-23(21-9-6-5-7-10-21)17-24(32(33)34)26(29)30-25/h5-7,9-14,17H,8,15-16,18-19H2,1-4H3,(H2,29,30). The molecule has 4 rings (SSSR count). The van der Waals surface area contributed by atoms with Gasteiger partial charge in [0.25, 0.3) is 0 Å². The highest BCUT2D eigenvalue weighted by molar-refractivity contribution is 5.84. The zero-order valence-corrected chi connectivity index (χ0v) is 20.5. The fraction of sp³-hybridized carbons (Fsp3) is 0.393. The van der Waals surface area contributed by atoms with Crippen LogP contribution in [0.15, 0.2) is 60.7 Å². The van der Waals surface area contributed by atoms with Crippen molar-refractivity contribution < 1.29 is 4.92 Å². The highest BCUT2D eigenvalue weighted by Gasteiger charge is 2.39. The van der Waals surface area contributed by atoms with E-state index < -0.39 is 4.92 Å². The monoisotopic (exact) mass is 458 g/mol. The molecular formula is C28H34N4O2. The van der Waals surface area contributed by atoms with Gasteiger partial charge in [-0.05, 0) is 41.3 Å². The molecular weight excluding hydrogens is 424 g/mol. The lowest BCUT2D eigenvalue weighted by Gasteiger charge is -2.42. The molecule has 2 heterocycles. The normalized spacial score (nSPS) is 17.8. The van der Waals surface area contributed by atoms with Crippen molar-refractivity contribution in [3.8, 4) is 22.4 Å². The maximum absolute atomic E-state index is 11.5. The van der Waals surface area contributed by atoms with Gasteiger partial charge in [-0.1, -0.05) is 82.3 Å². The Morgan fingerprint density at radius 1 is 1.00 bits per heavy atom. The Labute approximate surface area is 202 Å². The van der Waals surface area contributed by atoms with Gasteiger partial charge in [0, 0.05) is 30.3 Å². The summed E-state index contributed by atoms with van der Waals surface area (Å²) in [4.78, 5) is 18.0. The molecule has 0 amide bonds. The van der Waals surface area contributed by atoms with Crippen LogP contribution in [0.2, 0.25) is 0 Å². The molecule has 0 unspecified atom stereocenters. The van der Waals surface area contributed by atoms with Gasteiger partial charge in [-0.15, -0.1) is 0 Å². The summed E-state index contributed by atoms with van der Waals surface area (Å²) in [6.45, 7) is 12.6. The van der Waals surface area contributed by atoms with E-state index >= 15 is 0 Å². The van der Waals surface area contributed by atoms with E-state index in [1.807, 2.05) is 42.5 Å². The summed E-state index contributed by atoms with van der Waals surface area (Å²) in [6.07, 6.45) is 2.45. The van der Waals surface area contributed by atoms with E-state index in [0.717, 1.165) is 30.8 Å². The van der Waals surface area contributed by atoms with Crippen molar-refractivity contribution in [1.29, 1.82) is 0 Å². The predicted octanol–water partition coefficient (Wildman–Crippen LogP) is 6.55. The smallest absolute Gasteiger partial charge is 0.311 e. The lowest BCUT2D eigenvalue weighted by molar-refractivity contribution is -0.384. The zero-order chi connectivity index (χ0) is 24.5. The number of nitrogens with two attached hydrogens (primary N) is 1. The van der Waals surface area contributed by atoms with Gasteiger partial charge in [0.15, 0.2) is 0 Å². The minimum Gasteiger partial charge on any atom is -0.378 e. The Morgan fingerprint density at radius 2 is 1.68 bits per heavy atom. The maximum atomic E-state index is 11.5. The molecule has 1 fully saturated rings. The molecule has 1 saturated heterocycles. The highest BCUT2D eigenvalue weighted by atomic mass is 16.6. The largest absolute Gasteiger partial charge is 0.378 e. The van der Waals surface area contributed by atoms with Crippen molar-refractivity contribution in [2.75, 3.05) is 18.8 Å². The van der Waals surface area contributed by atoms with Gasteiger partial charge in [0.1, 0.15) is 0 Å². The Bertz CT molecular complexity index is 1170. The molecule has 2 N–H and O–H groups in total. The minimum absolute atomic E-state index is 0.0711. The first kappa shape index (κ1) is 23.9. The van der Waals surface area contributed by atoms with Crippen LogP contribution < -0.4 is 5.73 Å². The second-order valence-electron chi connectivity index (χ2n) is 10.7. The number of pyridine rings is 1. The fourth-order valence-electron chi connectivity index (χ4n) is 4.82. The molecule has 6 heteroatoms. The van der Waals surface area contributed by atoms with Crippen LogP contribution in [0.4, 0.5) is 11.5 Å². The second kappa shape index (κ2) is 9.18. The van der Waals surface area contributed by atoms with Crippen LogP contribution in [0, 0.1) is 20.9 Å². The van der Waals surface area contributed by atoms with Gasteiger partial charge in [-0.25, -0.2) is 4.98 Å². The average Bonchev–Trinajstić information content (AvgIpc) is 2.88. The van der Waals surface area contributed by atoms with Crippen molar-refractivity contribution in [3.05, 3.63) is 76.3 Å². The number of aromatic nitrogens is 1. The molecule has 34 heavy (non-hydrogen) atoms. The van der Waals surface area contributed by atoms with Crippen molar-refractivity contribution >= 4 is 11.5 Å².